The molecule has 0 bridgehead atoms. The van der Waals surface area contributed by atoms with E-state index in [0.717, 1.165) is 40.4 Å². The maximum Gasteiger partial charge on any atom is 0.201 e. The van der Waals surface area contributed by atoms with Gasteiger partial charge in [0.25, 0.3) is 0 Å². The van der Waals surface area contributed by atoms with Gasteiger partial charge in [-0.15, -0.1) is 0 Å². The lowest BCUT2D eigenvalue weighted by atomic mass is 9.65. The van der Waals surface area contributed by atoms with Gasteiger partial charge in [-0.3, -0.25) is 0 Å². The van der Waals surface area contributed by atoms with E-state index >= 15 is 0 Å². The van der Waals surface area contributed by atoms with Crippen LogP contribution < -0.4 is 4.74 Å². The van der Waals surface area contributed by atoms with E-state index in [-0.39, 0.29) is 16.2 Å². The van der Waals surface area contributed by atoms with Crippen LogP contribution in [0.5, 0.6) is 11.5 Å². The second kappa shape index (κ2) is 8.69. The fraction of sp³-hybridized carbons (Fsp3) is 0.533. The minimum atomic E-state index is -0.171. The molecule has 35 heavy (non-hydrogen) atoms. The standard InChI is InChI=1S/C30H40N2O3/c1-18(2)30(10,19(3)17-28(4,5)6)27-32-23-16-21(12-14-25(23)35-27)33-20-11-13-24-22(15-20)31-26(34-24)29(7,8)9/h11-16,18-19H,17H2,1-10H3/t19-,30-/m0/s1. The van der Waals surface area contributed by atoms with Gasteiger partial charge < -0.3 is 13.6 Å². The summed E-state index contributed by atoms with van der Waals surface area (Å²) in [5, 5.41) is 0. The molecule has 0 aliphatic carbocycles. The van der Waals surface area contributed by atoms with Crippen LogP contribution in [0.15, 0.2) is 45.2 Å². The summed E-state index contributed by atoms with van der Waals surface area (Å²) in [5.41, 5.74) is 3.06. The average Bonchev–Trinajstić information content (AvgIpc) is 3.35. The van der Waals surface area contributed by atoms with Crippen LogP contribution in [0, 0.1) is 17.3 Å². The molecule has 2 aromatic carbocycles. The second-order valence-corrected chi connectivity index (χ2v) is 12.8. The summed E-state index contributed by atoms with van der Waals surface area (Å²) < 4.78 is 18.4. The van der Waals surface area contributed by atoms with Gasteiger partial charge in [-0.25, -0.2) is 9.97 Å². The topological polar surface area (TPSA) is 61.3 Å². The van der Waals surface area contributed by atoms with E-state index in [1.165, 1.54) is 0 Å². The Balaban J connectivity index is 1.63. The Hall–Kier alpha value is -2.82. The highest BCUT2D eigenvalue weighted by atomic mass is 16.5. The van der Waals surface area contributed by atoms with Gasteiger partial charge in [-0.1, -0.05) is 69.2 Å². The number of aromatic nitrogens is 2. The Bertz CT molecular complexity index is 1330. The van der Waals surface area contributed by atoms with Gasteiger partial charge in [-0.05, 0) is 47.9 Å². The summed E-state index contributed by atoms with van der Waals surface area (Å²) in [6.07, 6.45) is 1.09. The second-order valence-electron chi connectivity index (χ2n) is 12.8. The highest BCUT2D eigenvalue weighted by molar-refractivity contribution is 5.76. The third-order valence-corrected chi connectivity index (χ3v) is 7.20. The third-order valence-electron chi connectivity index (χ3n) is 7.20. The first kappa shape index (κ1) is 25.3. The molecule has 0 aliphatic rings. The number of ether oxygens (including phenoxy) is 1. The first-order valence-electron chi connectivity index (χ1n) is 12.7. The number of rotatable bonds is 6. The number of fused-ring (bicyclic) bond motifs is 2. The van der Waals surface area contributed by atoms with Crippen molar-refractivity contribution < 1.29 is 13.6 Å². The Labute approximate surface area is 209 Å². The Kier molecular flexibility index (Phi) is 6.27. The van der Waals surface area contributed by atoms with Crippen LogP contribution in [0.3, 0.4) is 0 Å². The zero-order valence-corrected chi connectivity index (χ0v) is 22.9. The van der Waals surface area contributed by atoms with Crippen molar-refractivity contribution >= 4 is 22.2 Å². The van der Waals surface area contributed by atoms with Crippen LogP contribution in [0.25, 0.3) is 22.2 Å². The van der Waals surface area contributed by atoms with Gasteiger partial charge in [0.05, 0.1) is 0 Å². The van der Waals surface area contributed by atoms with E-state index in [1.54, 1.807) is 0 Å². The largest absolute Gasteiger partial charge is 0.457 e. The minimum Gasteiger partial charge on any atom is -0.457 e. The lowest BCUT2D eigenvalue weighted by Crippen LogP contribution is -2.38. The normalized spacial score (nSPS) is 15.6. The van der Waals surface area contributed by atoms with Crippen molar-refractivity contribution in [2.24, 2.45) is 17.3 Å². The predicted octanol–water partition coefficient (Wildman–Crippen LogP) is 9.04. The molecule has 4 rings (SSSR count). The molecule has 2 aromatic heterocycles. The summed E-state index contributed by atoms with van der Waals surface area (Å²) in [4.78, 5) is 9.62. The number of nitrogens with zero attached hydrogens (tertiary/aromatic N) is 2. The van der Waals surface area contributed by atoms with Crippen LogP contribution in [-0.2, 0) is 10.8 Å². The fourth-order valence-electron chi connectivity index (χ4n) is 4.79. The Morgan fingerprint density at radius 2 is 1.23 bits per heavy atom. The molecule has 0 unspecified atom stereocenters. The number of hydrogen-bond acceptors (Lipinski definition) is 5. The Morgan fingerprint density at radius 1 is 0.743 bits per heavy atom. The summed E-state index contributed by atoms with van der Waals surface area (Å²) in [5.74, 6) is 3.74. The van der Waals surface area contributed by atoms with Crippen LogP contribution >= 0.6 is 0 Å². The summed E-state index contributed by atoms with van der Waals surface area (Å²) in [7, 11) is 0. The monoisotopic (exact) mass is 476 g/mol. The van der Waals surface area contributed by atoms with Crippen molar-refractivity contribution in [2.75, 3.05) is 0 Å². The molecule has 0 amide bonds. The van der Waals surface area contributed by atoms with Crippen molar-refractivity contribution in [3.8, 4) is 11.5 Å². The highest BCUT2D eigenvalue weighted by Crippen LogP contribution is 2.44. The molecule has 5 heteroatoms. The van der Waals surface area contributed by atoms with Crippen molar-refractivity contribution in [1.82, 2.24) is 9.97 Å². The van der Waals surface area contributed by atoms with Crippen LogP contribution in [0.1, 0.15) is 87.4 Å². The van der Waals surface area contributed by atoms with Crippen LogP contribution in [0.4, 0.5) is 0 Å². The molecule has 0 aliphatic heterocycles. The summed E-state index contributed by atoms with van der Waals surface area (Å²) in [6.45, 7) is 22.3. The molecule has 0 radical (unpaired) electrons. The smallest absolute Gasteiger partial charge is 0.201 e. The molecule has 2 heterocycles. The molecular formula is C30H40N2O3. The molecule has 0 saturated carbocycles. The van der Waals surface area contributed by atoms with Gasteiger partial charge in [-0.2, -0.15) is 0 Å². The molecular weight excluding hydrogens is 436 g/mol. The molecule has 188 valence electrons. The van der Waals surface area contributed by atoms with E-state index in [4.69, 9.17) is 18.6 Å². The molecule has 4 aromatic rings. The fourth-order valence-corrected chi connectivity index (χ4v) is 4.79. The van der Waals surface area contributed by atoms with E-state index in [1.807, 2.05) is 36.4 Å². The Morgan fingerprint density at radius 3 is 1.69 bits per heavy atom. The summed E-state index contributed by atoms with van der Waals surface area (Å²) >= 11 is 0. The lowest BCUT2D eigenvalue weighted by molar-refractivity contribution is 0.139. The minimum absolute atomic E-state index is 0.148. The van der Waals surface area contributed by atoms with Crippen molar-refractivity contribution in [3.63, 3.8) is 0 Å². The predicted molar refractivity (Wildman–Crippen MR) is 142 cm³/mol. The maximum atomic E-state index is 6.34. The average molecular weight is 477 g/mol. The van der Waals surface area contributed by atoms with E-state index in [0.29, 0.717) is 23.3 Å². The molecule has 0 N–H and O–H groups in total. The van der Waals surface area contributed by atoms with Crippen molar-refractivity contribution in [2.45, 2.75) is 86.5 Å². The maximum absolute atomic E-state index is 6.34. The molecule has 5 nitrogen and oxygen atoms in total. The lowest BCUT2D eigenvalue weighted by Gasteiger charge is -2.39. The molecule has 2 atom stereocenters. The van der Waals surface area contributed by atoms with Crippen molar-refractivity contribution in [3.05, 3.63) is 48.2 Å². The van der Waals surface area contributed by atoms with E-state index < -0.39 is 0 Å². The third kappa shape index (κ3) is 5.10. The number of hydrogen-bond donors (Lipinski definition) is 0. The molecule has 0 fully saturated rings. The SMILES string of the molecule is CC(C)[C@](C)(c1nc2cc(Oc3ccc4oc(C(C)(C)C)nc4c3)ccc2o1)[C@@H](C)CC(C)(C)C. The number of oxazole rings is 2. The highest BCUT2D eigenvalue weighted by Gasteiger charge is 2.42. The van der Waals surface area contributed by atoms with E-state index in [2.05, 4.69) is 74.2 Å². The molecule has 0 spiro atoms. The zero-order valence-electron chi connectivity index (χ0n) is 22.9. The number of benzene rings is 2. The first-order chi connectivity index (χ1) is 16.2. The van der Waals surface area contributed by atoms with Gasteiger partial charge in [0.2, 0.25) is 11.8 Å². The summed E-state index contributed by atoms with van der Waals surface area (Å²) in [6, 6.07) is 11.5. The molecule has 0 saturated heterocycles. The van der Waals surface area contributed by atoms with Crippen LogP contribution in [0.2, 0.25) is 0 Å². The quantitative estimate of drug-likeness (QED) is 0.278. The zero-order chi connectivity index (χ0) is 25.8. The van der Waals surface area contributed by atoms with E-state index in [9.17, 15) is 0 Å². The van der Waals surface area contributed by atoms with Crippen LogP contribution in [-0.4, -0.2) is 9.97 Å². The van der Waals surface area contributed by atoms with Gasteiger partial charge in [0, 0.05) is 23.0 Å². The van der Waals surface area contributed by atoms with Gasteiger partial charge in [0.15, 0.2) is 11.2 Å². The first-order valence-corrected chi connectivity index (χ1v) is 12.7. The van der Waals surface area contributed by atoms with Gasteiger partial charge in [0.1, 0.15) is 22.5 Å². The van der Waals surface area contributed by atoms with Crippen molar-refractivity contribution in [1.29, 1.82) is 0 Å². The van der Waals surface area contributed by atoms with Gasteiger partial charge >= 0.3 is 0 Å².